The van der Waals surface area contributed by atoms with Gasteiger partial charge in [0.15, 0.2) is 11.5 Å². The van der Waals surface area contributed by atoms with Crippen molar-refractivity contribution in [2.75, 3.05) is 34.0 Å². The number of hydrogen-bond donors (Lipinski definition) is 2. The zero-order valence-corrected chi connectivity index (χ0v) is 14.4. The second-order valence-corrected chi connectivity index (χ2v) is 4.82. The molecule has 0 saturated heterocycles. The van der Waals surface area contributed by atoms with Gasteiger partial charge in [0, 0.05) is 13.7 Å². The van der Waals surface area contributed by atoms with Crippen LogP contribution in [-0.4, -0.2) is 52.0 Å². The van der Waals surface area contributed by atoms with Crippen LogP contribution in [0.25, 0.3) is 0 Å². The summed E-state index contributed by atoms with van der Waals surface area (Å²) in [6.45, 7) is 4.69. The van der Waals surface area contributed by atoms with Crippen LogP contribution in [0.3, 0.4) is 0 Å². The third-order valence-corrected chi connectivity index (χ3v) is 2.90. The number of nitrogens with zero attached hydrogens (tertiary/aromatic N) is 1. The highest BCUT2D eigenvalue weighted by atomic mass is 16.5. The zero-order valence-electron chi connectivity index (χ0n) is 14.4. The molecule has 0 aliphatic rings. The van der Waals surface area contributed by atoms with Crippen LogP contribution in [0, 0.1) is 0 Å². The van der Waals surface area contributed by atoms with Crippen molar-refractivity contribution in [2.24, 2.45) is 5.10 Å². The van der Waals surface area contributed by atoms with E-state index in [-0.39, 0.29) is 6.42 Å². The third kappa shape index (κ3) is 7.98. The molecule has 0 aliphatic heterocycles. The van der Waals surface area contributed by atoms with Crippen molar-refractivity contribution in [1.29, 1.82) is 0 Å². The molecule has 1 aromatic rings. The van der Waals surface area contributed by atoms with Crippen LogP contribution in [0.5, 0.6) is 11.5 Å². The number of rotatable bonds is 11. The highest BCUT2D eigenvalue weighted by molar-refractivity contribution is 5.97. The second kappa shape index (κ2) is 11.6. The molecule has 1 rings (SSSR count). The average Bonchev–Trinajstić information content (AvgIpc) is 2.60. The fraction of sp³-hybridized carbons (Fsp3) is 0.353. The Kier molecular flexibility index (Phi) is 9.39. The molecule has 1 aromatic carbocycles. The fourth-order valence-electron chi connectivity index (χ4n) is 1.75. The van der Waals surface area contributed by atoms with Gasteiger partial charge in [0.1, 0.15) is 13.0 Å². The smallest absolute Gasteiger partial charge is 0.249 e. The fourth-order valence-corrected chi connectivity index (χ4v) is 1.75. The number of hydrazone groups is 1. The van der Waals surface area contributed by atoms with Crippen molar-refractivity contribution in [2.45, 2.75) is 6.42 Å². The number of nitrogens with one attached hydrogen (secondary N) is 2. The molecular formula is C17H23N3O5. The van der Waals surface area contributed by atoms with Crippen LogP contribution in [0.2, 0.25) is 0 Å². The number of amides is 2. The molecule has 0 bridgehead atoms. The van der Waals surface area contributed by atoms with Crippen molar-refractivity contribution in [3.05, 3.63) is 36.4 Å². The van der Waals surface area contributed by atoms with Gasteiger partial charge in [-0.3, -0.25) is 9.59 Å². The molecule has 0 saturated carbocycles. The minimum Gasteiger partial charge on any atom is -0.493 e. The van der Waals surface area contributed by atoms with E-state index in [0.29, 0.717) is 36.8 Å². The predicted octanol–water partition coefficient (Wildman–Crippen LogP) is 0.863. The molecule has 0 unspecified atom stereocenters. The van der Waals surface area contributed by atoms with Crippen LogP contribution >= 0.6 is 0 Å². The van der Waals surface area contributed by atoms with E-state index in [1.165, 1.54) is 20.4 Å². The third-order valence-electron chi connectivity index (χ3n) is 2.90. The lowest BCUT2D eigenvalue weighted by Gasteiger charge is -2.09. The Morgan fingerprint density at radius 3 is 2.72 bits per heavy atom. The number of carbonyl (C=O) groups excluding carboxylic acids is 2. The lowest BCUT2D eigenvalue weighted by atomic mass is 10.2. The Labute approximate surface area is 146 Å². The molecule has 8 nitrogen and oxygen atoms in total. The van der Waals surface area contributed by atoms with Gasteiger partial charge in [0.05, 0.1) is 19.9 Å². The molecular weight excluding hydrogens is 326 g/mol. The van der Waals surface area contributed by atoms with Gasteiger partial charge in [0.2, 0.25) is 11.8 Å². The van der Waals surface area contributed by atoms with Gasteiger partial charge in [-0.05, 0) is 23.8 Å². The average molecular weight is 349 g/mol. The molecule has 2 amide bonds. The van der Waals surface area contributed by atoms with Crippen molar-refractivity contribution >= 4 is 18.0 Å². The lowest BCUT2D eigenvalue weighted by Crippen LogP contribution is -2.31. The number of hydrogen-bond acceptors (Lipinski definition) is 6. The molecule has 0 heterocycles. The van der Waals surface area contributed by atoms with Gasteiger partial charge in [-0.2, -0.15) is 5.10 Å². The molecule has 0 aliphatic carbocycles. The summed E-state index contributed by atoms with van der Waals surface area (Å²) >= 11 is 0. The van der Waals surface area contributed by atoms with E-state index < -0.39 is 11.8 Å². The summed E-state index contributed by atoms with van der Waals surface area (Å²) in [5.74, 6) is 0.213. The maximum atomic E-state index is 11.6. The van der Waals surface area contributed by atoms with Crippen molar-refractivity contribution in [3.8, 4) is 11.5 Å². The van der Waals surface area contributed by atoms with E-state index in [1.54, 1.807) is 24.3 Å². The second-order valence-electron chi connectivity index (χ2n) is 4.82. The summed E-state index contributed by atoms with van der Waals surface area (Å²) in [5, 5.41) is 6.36. The molecule has 8 heteroatoms. The van der Waals surface area contributed by atoms with Gasteiger partial charge in [-0.1, -0.05) is 12.7 Å². The highest BCUT2D eigenvalue weighted by Crippen LogP contribution is 2.27. The Bertz CT molecular complexity index is 616. The Morgan fingerprint density at radius 1 is 1.24 bits per heavy atom. The van der Waals surface area contributed by atoms with Crippen molar-refractivity contribution in [3.63, 3.8) is 0 Å². The first-order valence-electron chi connectivity index (χ1n) is 7.60. The predicted molar refractivity (Wildman–Crippen MR) is 93.9 cm³/mol. The molecule has 0 aromatic heterocycles. The summed E-state index contributed by atoms with van der Waals surface area (Å²) in [4.78, 5) is 23.1. The Hall–Kier alpha value is -2.87. The first kappa shape index (κ1) is 20.2. The van der Waals surface area contributed by atoms with Gasteiger partial charge < -0.3 is 19.5 Å². The minimum atomic E-state index is -0.510. The molecule has 25 heavy (non-hydrogen) atoms. The summed E-state index contributed by atoms with van der Waals surface area (Å²) < 4.78 is 15.5. The number of methoxy groups -OCH3 is 2. The van der Waals surface area contributed by atoms with Gasteiger partial charge in [-0.25, -0.2) is 5.43 Å². The van der Waals surface area contributed by atoms with E-state index in [2.05, 4.69) is 22.4 Å². The maximum Gasteiger partial charge on any atom is 0.249 e. The number of ether oxygens (including phenoxy) is 3. The minimum absolute atomic E-state index is 0.307. The standard InChI is InChI=1S/C17H23N3O5/c1-4-8-25-14-6-5-13(10-15(14)24-3)12-19-20-17(22)11-16(21)18-7-9-23-2/h4-6,10,12H,1,7-9,11H2,2-3H3,(H,18,21)(H,20,22)/b19-12+. The maximum absolute atomic E-state index is 11.6. The van der Waals surface area contributed by atoms with Gasteiger partial charge >= 0.3 is 0 Å². The first-order chi connectivity index (χ1) is 12.1. The summed E-state index contributed by atoms with van der Waals surface area (Å²) in [7, 11) is 3.06. The quantitative estimate of drug-likeness (QED) is 0.203. The highest BCUT2D eigenvalue weighted by Gasteiger charge is 2.08. The van der Waals surface area contributed by atoms with Crippen molar-refractivity contribution in [1.82, 2.24) is 10.7 Å². The van der Waals surface area contributed by atoms with Crippen LogP contribution < -0.4 is 20.2 Å². The van der Waals surface area contributed by atoms with E-state index in [4.69, 9.17) is 14.2 Å². The van der Waals surface area contributed by atoms with E-state index in [9.17, 15) is 9.59 Å². The summed E-state index contributed by atoms with van der Waals surface area (Å²) in [5.41, 5.74) is 2.99. The van der Waals surface area contributed by atoms with E-state index >= 15 is 0 Å². The van der Waals surface area contributed by atoms with Crippen molar-refractivity contribution < 1.29 is 23.8 Å². The molecule has 0 fully saturated rings. The van der Waals surface area contributed by atoms with Gasteiger partial charge in [-0.15, -0.1) is 0 Å². The zero-order chi connectivity index (χ0) is 18.5. The molecule has 0 spiro atoms. The monoisotopic (exact) mass is 349 g/mol. The van der Waals surface area contributed by atoms with E-state index in [0.717, 1.165) is 0 Å². The molecule has 0 radical (unpaired) electrons. The largest absolute Gasteiger partial charge is 0.493 e. The van der Waals surface area contributed by atoms with Crippen LogP contribution in [0.4, 0.5) is 0 Å². The lowest BCUT2D eigenvalue weighted by molar-refractivity contribution is -0.129. The van der Waals surface area contributed by atoms with Crippen LogP contribution in [0.1, 0.15) is 12.0 Å². The molecule has 136 valence electrons. The number of benzene rings is 1. The summed E-state index contributed by atoms with van der Waals surface area (Å²) in [6.07, 6.45) is 2.77. The Morgan fingerprint density at radius 2 is 2.04 bits per heavy atom. The molecule has 0 atom stereocenters. The number of carbonyl (C=O) groups is 2. The van der Waals surface area contributed by atoms with Crippen LogP contribution in [0.15, 0.2) is 36.0 Å². The Balaban J connectivity index is 2.51. The van der Waals surface area contributed by atoms with Crippen LogP contribution in [-0.2, 0) is 14.3 Å². The first-order valence-corrected chi connectivity index (χ1v) is 7.60. The molecule has 2 N–H and O–H groups in total. The van der Waals surface area contributed by atoms with E-state index in [1.807, 2.05) is 0 Å². The summed E-state index contributed by atoms with van der Waals surface area (Å²) in [6, 6.07) is 5.20. The normalized spacial score (nSPS) is 10.3. The van der Waals surface area contributed by atoms with Gasteiger partial charge in [0.25, 0.3) is 0 Å². The topological polar surface area (TPSA) is 98.2 Å². The SMILES string of the molecule is C=CCOc1ccc(/C=N/NC(=O)CC(=O)NCCOC)cc1OC.